The number of benzene rings is 2. The lowest BCUT2D eigenvalue weighted by atomic mass is 10.1. The molecular weight excluding hydrogens is 288 g/mol. The van der Waals surface area contributed by atoms with Gasteiger partial charge in [0.1, 0.15) is 0 Å². The van der Waals surface area contributed by atoms with Crippen molar-refractivity contribution in [1.82, 2.24) is 4.98 Å². The number of aromatic nitrogens is 1. The normalized spacial score (nSPS) is 10.7. The Hall–Kier alpha value is -2.46. The maximum atomic E-state index is 9.81. The van der Waals surface area contributed by atoms with Gasteiger partial charge in [-0.25, -0.2) is 0 Å². The molecule has 21 heavy (non-hydrogen) atoms. The quantitative estimate of drug-likeness (QED) is 0.642. The Bertz CT molecular complexity index is 805. The van der Waals surface area contributed by atoms with Gasteiger partial charge in [0, 0.05) is 28.7 Å². The smallest absolute Gasteiger partial charge is 0.162 e. The molecule has 0 saturated carbocycles. The maximum absolute atomic E-state index is 9.81. The van der Waals surface area contributed by atoms with Gasteiger partial charge in [-0.3, -0.25) is 4.98 Å². The largest absolute Gasteiger partial charge is 0.504 e. The fraction of sp³-hybridized carbons (Fsp3) is 0.0625. The Morgan fingerprint density at radius 1 is 1.10 bits per heavy atom. The van der Waals surface area contributed by atoms with Crippen LogP contribution in [0.25, 0.3) is 10.9 Å². The number of pyridine rings is 1. The van der Waals surface area contributed by atoms with Gasteiger partial charge in [-0.1, -0.05) is 29.8 Å². The van der Waals surface area contributed by atoms with Crippen LogP contribution < -0.4 is 5.32 Å². The number of rotatable bonds is 3. The number of anilines is 1. The third kappa shape index (κ3) is 2.71. The van der Waals surface area contributed by atoms with Gasteiger partial charge in [0.15, 0.2) is 11.5 Å². The SMILES string of the molecule is Oc1cccc(CNc2cc(Cl)cc3cccnc23)c1O. The number of halogens is 1. The van der Waals surface area contributed by atoms with E-state index in [9.17, 15) is 10.2 Å². The van der Waals surface area contributed by atoms with E-state index in [1.54, 1.807) is 24.4 Å². The molecule has 0 fully saturated rings. The summed E-state index contributed by atoms with van der Waals surface area (Å²) < 4.78 is 0. The minimum absolute atomic E-state index is 0.121. The van der Waals surface area contributed by atoms with Crippen LogP contribution >= 0.6 is 11.6 Å². The molecule has 3 aromatic rings. The zero-order valence-electron chi connectivity index (χ0n) is 11.0. The number of nitrogens with zero attached hydrogens (tertiary/aromatic N) is 1. The fourth-order valence-corrected chi connectivity index (χ4v) is 2.43. The predicted molar refractivity (Wildman–Crippen MR) is 83.9 cm³/mol. The number of para-hydroxylation sites is 1. The molecule has 4 nitrogen and oxygen atoms in total. The van der Waals surface area contributed by atoms with Crippen LogP contribution in [0, 0.1) is 0 Å². The van der Waals surface area contributed by atoms with Gasteiger partial charge in [0.25, 0.3) is 0 Å². The number of nitrogens with one attached hydrogen (secondary N) is 1. The summed E-state index contributed by atoms with van der Waals surface area (Å²) >= 11 is 6.10. The molecule has 0 unspecified atom stereocenters. The highest BCUT2D eigenvalue weighted by atomic mass is 35.5. The van der Waals surface area contributed by atoms with Gasteiger partial charge in [-0.15, -0.1) is 0 Å². The number of hydrogen-bond acceptors (Lipinski definition) is 4. The molecule has 106 valence electrons. The van der Waals surface area contributed by atoms with Crippen LogP contribution in [0.4, 0.5) is 5.69 Å². The minimum atomic E-state index is -0.136. The number of aromatic hydroxyl groups is 2. The van der Waals surface area contributed by atoms with Gasteiger partial charge in [-0.2, -0.15) is 0 Å². The highest BCUT2D eigenvalue weighted by molar-refractivity contribution is 6.31. The van der Waals surface area contributed by atoms with Crippen molar-refractivity contribution in [2.24, 2.45) is 0 Å². The van der Waals surface area contributed by atoms with Gasteiger partial charge in [0.2, 0.25) is 0 Å². The molecule has 1 aromatic heterocycles. The third-order valence-electron chi connectivity index (χ3n) is 3.24. The lowest BCUT2D eigenvalue weighted by molar-refractivity contribution is 0.400. The van der Waals surface area contributed by atoms with Crippen molar-refractivity contribution < 1.29 is 10.2 Å². The van der Waals surface area contributed by atoms with Crippen molar-refractivity contribution in [3.63, 3.8) is 0 Å². The molecule has 0 atom stereocenters. The number of fused-ring (bicyclic) bond motifs is 1. The molecule has 0 aliphatic rings. The standard InChI is InChI=1S/C16H13ClN2O2/c17-12-7-10-4-2-6-18-15(10)13(8-12)19-9-11-3-1-5-14(20)16(11)21/h1-8,19-21H,9H2. The van der Waals surface area contributed by atoms with E-state index in [2.05, 4.69) is 10.3 Å². The van der Waals surface area contributed by atoms with Crippen molar-refractivity contribution in [3.05, 3.63) is 59.2 Å². The second kappa shape index (κ2) is 5.50. The third-order valence-corrected chi connectivity index (χ3v) is 3.46. The molecule has 3 rings (SSSR count). The van der Waals surface area contributed by atoms with Crippen molar-refractivity contribution in [1.29, 1.82) is 0 Å². The van der Waals surface area contributed by atoms with Gasteiger partial charge < -0.3 is 15.5 Å². The summed E-state index contributed by atoms with van der Waals surface area (Å²) in [6, 6.07) is 12.3. The van der Waals surface area contributed by atoms with Gasteiger partial charge in [0.05, 0.1) is 11.2 Å². The first kappa shape index (κ1) is 13.5. The van der Waals surface area contributed by atoms with Gasteiger partial charge in [-0.05, 0) is 24.3 Å². The number of hydrogen-bond donors (Lipinski definition) is 3. The van der Waals surface area contributed by atoms with Gasteiger partial charge >= 0.3 is 0 Å². The Morgan fingerprint density at radius 2 is 1.95 bits per heavy atom. The highest BCUT2D eigenvalue weighted by Crippen LogP contribution is 2.30. The van der Waals surface area contributed by atoms with Crippen molar-refractivity contribution in [2.75, 3.05) is 5.32 Å². The van der Waals surface area contributed by atoms with E-state index < -0.39 is 0 Å². The van der Waals surface area contributed by atoms with Crippen LogP contribution in [0.5, 0.6) is 11.5 Å². The summed E-state index contributed by atoms with van der Waals surface area (Å²) in [5.41, 5.74) is 2.18. The Balaban J connectivity index is 1.93. The van der Waals surface area contributed by atoms with E-state index in [4.69, 9.17) is 11.6 Å². The first-order chi connectivity index (χ1) is 10.1. The molecule has 0 saturated heterocycles. The lowest BCUT2D eigenvalue weighted by Crippen LogP contribution is -2.01. The summed E-state index contributed by atoms with van der Waals surface area (Å²) in [5, 5.41) is 24.1. The van der Waals surface area contributed by atoms with Crippen LogP contribution in [0.15, 0.2) is 48.7 Å². The fourth-order valence-electron chi connectivity index (χ4n) is 2.20. The summed E-state index contributed by atoms with van der Waals surface area (Å²) in [4.78, 5) is 4.34. The summed E-state index contributed by atoms with van der Waals surface area (Å²) in [7, 11) is 0. The molecule has 0 radical (unpaired) electrons. The van der Waals surface area contributed by atoms with E-state index in [1.807, 2.05) is 18.2 Å². The van der Waals surface area contributed by atoms with E-state index in [-0.39, 0.29) is 11.5 Å². The van der Waals surface area contributed by atoms with E-state index in [1.165, 1.54) is 6.07 Å². The molecule has 0 bridgehead atoms. The van der Waals surface area contributed by atoms with E-state index in [0.29, 0.717) is 17.1 Å². The average molecular weight is 301 g/mol. The first-order valence-corrected chi connectivity index (χ1v) is 6.81. The van der Waals surface area contributed by atoms with Crippen molar-refractivity contribution >= 4 is 28.2 Å². The molecule has 0 aliphatic carbocycles. The van der Waals surface area contributed by atoms with Crippen molar-refractivity contribution in [3.8, 4) is 11.5 Å². The molecule has 1 heterocycles. The predicted octanol–water partition coefficient (Wildman–Crippen LogP) is 3.91. The van der Waals surface area contributed by atoms with Crippen molar-refractivity contribution in [2.45, 2.75) is 6.54 Å². The molecule has 3 N–H and O–H groups in total. The highest BCUT2D eigenvalue weighted by Gasteiger charge is 2.08. The summed E-state index contributed by atoms with van der Waals surface area (Å²) in [5.74, 6) is -0.257. The van der Waals surface area contributed by atoms with Crippen LogP contribution in [0.3, 0.4) is 0 Å². The molecule has 0 aliphatic heterocycles. The van der Waals surface area contributed by atoms with Crippen LogP contribution in [0.2, 0.25) is 5.02 Å². The summed E-state index contributed by atoms with van der Waals surface area (Å²) in [6.07, 6.45) is 1.72. The van der Waals surface area contributed by atoms with Crippen LogP contribution in [-0.2, 0) is 6.54 Å². The Labute approximate surface area is 126 Å². The second-order valence-electron chi connectivity index (χ2n) is 4.67. The average Bonchev–Trinajstić information content (AvgIpc) is 2.48. The second-order valence-corrected chi connectivity index (χ2v) is 5.10. The van der Waals surface area contributed by atoms with Crippen LogP contribution in [0.1, 0.15) is 5.56 Å². The van der Waals surface area contributed by atoms with E-state index >= 15 is 0 Å². The molecule has 2 aromatic carbocycles. The number of phenolic OH excluding ortho intramolecular Hbond substituents is 2. The monoisotopic (exact) mass is 300 g/mol. The maximum Gasteiger partial charge on any atom is 0.162 e. The topological polar surface area (TPSA) is 65.4 Å². The molecule has 5 heteroatoms. The molecular formula is C16H13ClN2O2. The molecule has 0 spiro atoms. The Kier molecular flexibility index (Phi) is 3.54. The van der Waals surface area contributed by atoms with E-state index in [0.717, 1.165) is 16.6 Å². The van der Waals surface area contributed by atoms with Crippen LogP contribution in [-0.4, -0.2) is 15.2 Å². The molecule has 0 amide bonds. The minimum Gasteiger partial charge on any atom is -0.504 e. The zero-order valence-corrected chi connectivity index (χ0v) is 11.8. The summed E-state index contributed by atoms with van der Waals surface area (Å²) in [6.45, 7) is 0.353. The Morgan fingerprint density at radius 3 is 2.81 bits per heavy atom. The zero-order chi connectivity index (χ0) is 14.8. The first-order valence-electron chi connectivity index (χ1n) is 6.43. The lowest BCUT2D eigenvalue weighted by Gasteiger charge is -2.11. The number of phenols is 2.